The topological polar surface area (TPSA) is 67.8 Å². The fourth-order valence-electron chi connectivity index (χ4n) is 0.934. The minimum atomic E-state index is -0.509. The molecule has 0 aromatic rings. The highest BCUT2D eigenvalue weighted by Gasteiger charge is 2.11. The van der Waals surface area contributed by atoms with Gasteiger partial charge in [-0.2, -0.15) is 0 Å². The number of esters is 1. The second-order valence-electron chi connectivity index (χ2n) is 3.01. The second-order valence-corrected chi connectivity index (χ2v) is 6.18. The number of amides is 1. The Bertz CT molecular complexity index is 353. The number of rotatable bonds is 5. The van der Waals surface area contributed by atoms with Crippen molar-refractivity contribution in [1.82, 2.24) is 4.72 Å². The fraction of sp³-hybridized carbons (Fsp3) is 0.556. The molecular formula is C9H14N2O3S2. The van der Waals surface area contributed by atoms with Crippen LogP contribution in [-0.4, -0.2) is 18.5 Å². The van der Waals surface area contributed by atoms with Gasteiger partial charge in [-0.05, 0) is 24.6 Å². The minimum absolute atomic E-state index is 0.119. The van der Waals surface area contributed by atoms with Crippen molar-refractivity contribution in [2.75, 3.05) is 6.61 Å². The van der Waals surface area contributed by atoms with Crippen LogP contribution in [0.4, 0.5) is 0 Å². The summed E-state index contributed by atoms with van der Waals surface area (Å²) in [4.78, 5) is 23.5. The van der Waals surface area contributed by atoms with E-state index in [1.165, 1.54) is 10.8 Å². The van der Waals surface area contributed by atoms with Crippen LogP contribution in [0.2, 0.25) is 0 Å². The molecule has 1 aliphatic heterocycles. The molecule has 5 nitrogen and oxygen atoms in total. The summed E-state index contributed by atoms with van der Waals surface area (Å²) in [5, 5.41) is 0. The Morgan fingerprint density at radius 1 is 1.56 bits per heavy atom. The molecule has 1 atom stereocenters. The van der Waals surface area contributed by atoms with E-state index in [2.05, 4.69) is 9.08 Å². The first-order valence-corrected chi connectivity index (χ1v) is 7.38. The first-order valence-electron chi connectivity index (χ1n) is 4.87. The molecule has 0 aliphatic carbocycles. The molecule has 0 fully saturated rings. The summed E-state index contributed by atoms with van der Waals surface area (Å²) in [7, 11) is 1.00. The maximum absolute atomic E-state index is 11.4. The maximum Gasteiger partial charge on any atom is 0.306 e. The van der Waals surface area contributed by atoms with Crippen LogP contribution in [0.5, 0.6) is 0 Å². The van der Waals surface area contributed by atoms with E-state index in [-0.39, 0.29) is 24.7 Å². The van der Waals surface area contributed by atoms with Crippen LogP contribution in [0.3, 0.4) is 0 Å². The van der Waals surface area contributed by atoms with Crippen LogP contribution in [0.25, 0.3) is 0 Å². The van der Waals surface area contributed by atoms with Crippen LogP contribution < -0.4 is 4.72 Å². The highest BCUT2D eigenvalue weighted by molar-refractivity contribution is 8.71. The van der Waals surface area contributed by atoms with Crippen LogP contribution in [0.15, 0.2) is 15.5 Å². The number of carbonyl (C=O) groups is 2. The van der Waals surface area contributed by atoms with Gasteiger partial charge in [-0.15, -0.1) is 0 Å². The van der Waals surface area contributed by atoms with Crippen LogP contribution in [0.1, 0.15) is 26.7 Å². The highest BCUT2D eigenvalue weighted by Crippen LogP contribution is 2.25. The third kappa shape index (κ3) is 4.80. The van der Waals surface area contributed by atoms with Gasteiger partial charge in [0.05, 0.1) is 22.9 Å². The molecule has 0 radical (unpaired) electrons. The van der Waals surface area contributed by atoms with Gasteiger partial charge in [0.15, 0.2) is 0 Å². The van der Waals surface area contributed by atoms with Crippen LogP contribution >= 0.6 is 10.8 Å². The van der Waals surface area contributed by atoms with Crippen molar-refractivity contribution in [2.45, 2.75) is 26.7 Å². The SMILES string of the molecule is CCOC(=O)CCC(=O)NS1=NC=C(C)S1. The van der Waals surface area contributed by atoms with Gasteiger partial charge in [-0.25, -0.2) is 4.36 Å². The van der Waals surface area contributed by atoms with Crippen molar-refractivity contribution in [3.63, 3.8) is 0 Å². The number of hydrogen-bond acceptors (Lipinski definition) is 5. The first-order chi connectivity index (χ1) is 7.61. The van der Waals surface area contributed by atoms with E-state index in [0.717, 1.165) is 4.91 Å². The molecule has 1 rings (SSSR count). The normalized spacial score (nSPS) is 18.6. The molecule has 16 heavy (non-hydrogen) atoms. The van der Waals surface area contributed by atoms with Crippen molar-refractivity contribution < 1.29 is 14.3 Å². The Kier molecular flexibility index (Phi) is 5.54. The largest absolute Gasteiger partial charge is 0.466 e. The summed E-state index contributed by atoms with van der Waals surface area (Å²) in [5.74, 6) is -0.512. The molecule has 0 saturated heterocycles. The fourth-order valence-corrected chi connectivity index (χ4v) is 3.57. The molecule has 7 heteroatoms. The summed E-state index contributed by atoms with van der Waals surface area (Å²) in [5.41, 5.74) is 0. The van der Waals surface area contributed by atoms with E-state index in [9.17, 15) is 9.59 Å². The van der Waals surface area contributed by atoms with Gasteiger partial charge in [0.1, 0.15) is 0 Å². The van der Waals surface area contributed by atoms with Crippen molar-refractivity contribution in [1.29, 1.82) is 0 Å². The number of nitrogens with one attached hydrogen (secondary N) is 1. The van der Waals surface area contributed by atoms with E-state index in [4.69, 9.17) is 4.74 Å². The molecule has 1 heterocycles. The number of hydrogen-bond donors (Lipinski definition) is 1. The van der Waals surface area contributed by atoms with Crippen molar-refractivity contribution in [3.05, 3.63) is 11.1 Å². The van der Waals surface area contributed by atoms with Crippen molar-refractivity contribution >= 4 is 32.6 Å². The van der Waals surface area contributed by atoms with Crippen LogP contribution in [0, 0.1) is 0 Å². The molecule has 0 aromatic heterocycles. The molecule has 1 unspecified atom stereocenters. The molecule has 0 bridgehead atoms. The third-order valence-electron chi connectivity index (χ3n) is 1.60. The van der Waals surface area contributed by atoms with E-state index in [1.807, 2.05) is 6.92 Å². The van der Waals surface area contributed by atoms with Gasteiger partial charge < -0.3 is 4.74 Å². The lowest BCUT2D eigenvalue weighted by Crippen LogP contribution is -2.23. The summed E-state index contributed by atoms with van der Waals surface area (Å²) < 4.78 is 11.6. The number of nitrogens with zero attached hydrogens (tertiary/aromatic N) is 1. The molecule has 1 aliphatic rings. The Morgan fingerprint density at radius 2 is 2.31 bits per heavy atom. The smallest absolute Gasteiger partial charge is 0.306 e. The van der Waals surface area contributed by atoms with E-state index in [0.29, 0.717) is 6.61 Å². The highest BCUT2D eigenvalue weighted by atomic mass is 33.1. The van der Waals surface area contributed by atoms with Gasteiger partial charge in [-0.3, -0.25) is 14.3 Å². The Balaban J connectivity index is 2.20. The zero-order chi connectivity index (χ0) is 12.0. The van der Waals surface area contributed by atoms with Gasteiger partial charge in [0, 0.05) is 17.5 Å². The van der Waals surface area contributed by atoms with E-state index >= 15 is 0 Å². The summed E-state index contributed by atoms with van der Waals surface area (Å²) in [6.45, 7) is 4.02. The molecule has 0 aromatic carbocycles. The monoisotopic (exact) mass is 262 g/mol. The van der Waals surface area contributed by atoms with Gasteiger partial charge >= 0.3 is 5.97 Å². The molecule has 0 spiro atoms. The second kappa shape index (κ2) is 6.70. The van der Waals surface area contributed by atoms with Crippen molar-refractivity contribution in [2.24, 2.45) is 4.36 Å². The van der Waals surface area contributed by atoms with E-state index < -0.39 is 9.91 Å². The van der Waals surface area contributed by atoms with Gasteiger partial charge in [0.25, 0.3) is 0 Å². The summed E-state index contributed by atoms with van der Waals surface area (Å²) >= 11 is 0. The number of ether oxygens (including phenoxy) is 1. The zero-order valence-electron chi connectivity index (χ0n) is 9.19. The zero-order valence-corrected chi connectivity index (χ0v) is 10.8. The number of allylic oxidation sites excluding steroid dienone is 1. The first kappa shape index (κ1) is 13.2. The Morgan fingerprint density at radius 3 is 2.88 bits per heavy atom. The molecule has 0 saturated carbocycles. The van der Waals surface area contributed by atoms with Crippen LogP contribution in [-0.2, 0) is 24.2 Å². The Hall–Kier alpha value is -0.820. The predicted octanol–water partition coefficient (Wildman–Crippen LogP) is 1.69. The lowest BCUT2D eigenvalue weighted by Gasteiger charge is -2.04. The van der Waals surface area contributed by atoms with Gasteiger partial charge in [0.2, 0.25) is 5.91 Å². The standard InChI is InChI=1S/C9H14N2O3S2/c1-3-14-9(13)5-4-8(12)11-16-10-6-7(2)15-16/h6H,3-5H2,1-2H3,(H,10,11,12). The predicted molar refractivity (Wildman–Crippen MR) is 65.2 cm³/mol. The molecular weight excluding hydrogens is 248 g/mol. The quantitative estimate of drug-likeness (QED) is 0.604. The lowest BCUT2D eigenvalue weighted by molar-refractivity contribution is -0.144. The Labute approximate surface area is 101 Å². The molecule has 1 N–H and O–H groups in total. The minimum Gasteiger partial charge on any atom is -0.466 e. The average Bonchev–Trinajstić information content (AvgIpc) is 2.61. The van der Waals surface area contributed by atoms with E-state index in [1.54, 1.807) is 13.1 Å². The lowest BCUT2D eigenvalue weighted by atomic mass is 10.3. The van der Waals surface area contributed by atoms with Crippen molar-refractivity contribution in [3.8, 4) is 0 Å². The maximum atomic E-state index is 11.4. The summed E-state index contributed by atoms with van der Waals surface area (Å²) in [6.07, 6.45) is 2.00. The summed E-state index contributed by atoms with van der Waals surface area (Å²) in [6, 6.07) is 0. The number of carbonyl (C=O) groups excluding carboxylic acids is 2. The molecule has 90 valence electrons. The molecule has 1 amide bonds. The average molecular weight is 262 g/mol. The van der Waals surface area contributed by atoms with Gasteiger partial charge in [-0.1, -0.05) is 0 Å². The third-order valence-corrected chi connectivity index (χ3v) is 4.60.